The van der Waals surface area contributed by atoms with Crippen LogP contribution in [-0.4, -0.2) is 19.6 Å². The van der Waals surface area contributed by atoms with Crippen LogP contribution in [-0.2, 0) is 26.7 Å². The van der Waals surface area contributed by atoms with Crippen molar-refractivity contribution >= 4 is 12.4 Å². The fraction of sp³-hybridized carbons (Fsp3) is 0.571. The smallest absolute Gasteiger partial charge is 0.0762 e. The highest BCUT2D eigenvalue weighted by atomic mass is 35.5. The summed E-state index contributed by atoms with van der Waals surface area (Å²) in [6.07, 6.45) is 2.05. The summed E-state index contributed by atoms with van der Waals surface area (Å²) in [5.41, 5.74) is 3.33. The molecule has 0 aliphatic heterocycles. The van der Waals surface area contributed by atoms with Gasteiger partial charge in [0, 0.05) is 32.9 Å². The van der Waals surface area contributed by atoms with E-state index >= 15 is 0 Å². The van der Waals surface area contributed by atoms with Gasteiger partial charge in [-0.25, -0.2) is 0 Å². The van der Waals surface area contributed by atoms with E-state index in [-0.39, 0.29) is 12.4 Å². The molecule has 112 valence electrons. The lowest BCUT2D eigenvalue weighted by Gasteiger charge is -2.05. The molecule has 0 aromatic carbocycles. The molecule has 20 heavy (non-hydrogen) atoms. The SMILES string of the molecule is Cc1cc(CNCc2ccn(CC(C)C)n2)n(C)n1.Cl. The maximum atomic E-state index is 4.54. The number of rotatable bonds is 6. The first-order valence-electron chi connectivity index (χ1n) is 6.77. The van der Waals surface area contributed by atoms with Crippen molar-refractivity contribution in [2.75, 3.05) is 0 Å². The fourth-order valence-corrected chi connectivity index (χ4v) is 2.12. The van der Waals surface area contributed by atoms with Crippen molar-refractivity contribution < 1.29 is 0 Å². The Bertz CT molecular complexity index is 529. The van der Waals surface area contributed by atoms with Crippen LogP contribution >= 0.6 is 12.4 Å². The molecule has 0 spiro atoms. The van der Waals surface area contributed by atoms with Crippen LogP contribution in [0.4, 0.5) is 0 Å². The van der Waals surface area contributed by atoms with Gasteiger partial charge < -0.3 is 5.32 Å². The summed E-state index contributed by atoms with van der Waals surface area (Å²) in [7, 11) is 1.97. The zero-order valence-corrected chi connectivity index (χ0v) is 13.4. The summed E-state index contributed by atoms with van der Waals surface area (Å²) in [5, 5.41) is 12.3. The molecule has 2 aromatic heterocycles. The molecule has 2 aromatic rings. The first kappa shape index (κ1) is 16.7. The second-order valence-corrected chi connectivity index (χ2v) is 5.43. The third kappa shape index (κ3) is 4.65. The van der Waals surface area contributed by atoms with E-state index in [1.54, 1.807) is 0 Å². The molecule has 0 unspecified atom stereocenters. The second kappa shape index (κ2) is 7.45. The maximum absolute atomic E-state index is 4.54. The van der Waals surface area contributed by atoms with Gasteiger partial charge in [0.2, 0.25) is 0 Å². The molecule has 0 aliphatic carbocycles. The predicted octanol–water partition coefficient (Wildman–Crippen LogP) is 2.29. The number of halogens is 1. The van der Waals surface area contributed by atoms with Gasteiger partial charge in [-0.05, 0) is 25.0 Å². The van der Waals surface area contributed by atoms with Gasteiger partial charge in [0.1, 0.15) is 0 Å². The minimum absolute atomic E-state index is 0. The lowest BCUT2D eigenvalue weighted by atomic mass is 10.2. The molecule has 0 bridgehead atoms. The van der Waals surface area contributed by atoms with Gasteiger partial charge >= 0.3 is 0 Å². The highest BCUT2D eigenvalue weighted by Crippen LogP contribution is 2.03. The van der Waals surface area contributed by atoms with Crippen LogP contribution in [0.2, 0.25) is 0 Å². The van der Waals surface area contributed by atoms with Gasteiger partial charge in [-0.3, -0.25) is 9.36 Å². The van der Waals surface area contributed by atoms with Crippen molar-refractivity contribution in [3.05, 3.63) is 35.4 Å². The average molecular weight is 298 g/mol. The number of hydrogen-bond donors (Lipinski definition) is 1. The molecule has 2 heterocycles. The van der Waals surface area contributed by atoms with Crippen molar-refractivity contribution in [2.24, 2.45) is 13.0 Å². The molecular formula is C14H24ClN5. The Labute approximate surface area is 126 Å². The highest BCUT2D eigenvalue weighted by molar-refractivity contribution is 5.85. The lowest BCUT2D eigenvalue weighted by Crippen LogP contribution is -2.16. The van der Waals surface area contributed by atoms with Crippen molar-refractivity contribution in [1.82, 2.24) is 24.9 Å². The van der Waals surface area contributed by atoms with Crippen molar-refractivity contribution in [2.45, 2.75) is 40.4 Å². The number of nitrogens with one attached hydrogen (secondary N) is 1. The predicted molar refractivity (Wildman–Crippen MR) is 82.8 cm³/mol. The molecule has 1 N–H and O–H groups in total. The first-order chi connectivity index (χ1) is 9.04. The van der Waals surface area contributed by atoms with Gasteiger partial charge in [-0.15, -0.1) is 12.4 Å². The van der Waals surface area contributed by atoms with Crippen molar-refractivity contribution in [3.8, 4) is 0 Å². The molecule has 0 amide bonds. The summed E-state index contributed by atoms with van der Waals surface area (Å²) in [6.45, 7) is 8.98. The zero-order valence-electron chi connectivity index (χ0n) is 12.6. The van der Waals surface area contributed by atoms with Gasteiger partial charge in [-0.2, -0.15) is 10.2 Å². The molecule has 0 radical (unpaired) electrons. The maximum Gasteiger partial charge on any atom is 0.0762 e. The largest absolute Gasteiger partial charge is 0.305 e. The van der Waals surface area contributed by atoms with E-state index < -0.39 is 0 Å². The lowest BCUT2D eigenvalue weighted by molar-refractivity contribution is 0.477. The molecule has 0 saturated carbocycles. The molecule has 0 aliphatic rings. The van der Waals surface area contributed by atoms with Gasteiger partial charge in [-0.1, -0.05) is 13.8 Å². The minimum atomic E-state index is 0. The number of aryl methyl sites for hydroxylation is 2. The minimum Gasteiger partial charge on any atom is -0.305 e. The van der Waals surface area contributed by atoms with E-state index in [4.69, 9.17) is 0 Å². The van der Waals surface area contributed by atoms with Crippen LogP contribution in [0.5, 0.6) is 0 Å². The zero-order chi connectivity index (χ0) is 13.8. The van der Waals surface area contributed by atoms with Crippen LogP contribution in [0.3, 0.4) is 0 Å². The number of nitrogens with zero attached hydrogens (tertiary/aromatic N) is 4. The number of hydrogen-bond acceptors (Lipinski definition) is 3. The van der Waals surface area contributed by atoms with Crippen LogP contribution in [0, 0.1) is 12.8 Å². The Kier molecular flexibility index (Phi) is 6.23. The van der Waals surface area contributed by atoms with Crippen molar-refractivity contribution in [3.63, 3.8) is 0 Å². The van der Waals surface area contributed by atoms with E-state index in [0.29, 0.717) is 5.92 Å². The Balaban J connectivity index is 0.00000200. The molecule has 2 rings (SSSR count). The summed E-state index contributed by atoms with van der Waals surface area (Å²) >= 11 is 0. The third-order valence-corrected chi connectivity index (χ3v) is 2.96. The normalized spacial score (nSPS) is 10.8. The van der Waals surface area contributed by atoms with E-state index in [9.17, 15) is 0 Å². The van der Waals surface area contributed by atoms with E-state index in [2.05, 4.69) is 41.5 Å². The molecule has 0 atom stereocenters. The Morgan fingerprint density at radius 1 is 1.25 bits per heavy atom. The third-order valence-electron chi connectivity index (χ3n) is 2.96. The Morgan fingerprint density at radius 3 is 2.60 bits per heavy atom. The fourth-order valence-electron chi connectivity index (χ4n) is 2.12. The Morgan fingerprint density at radius 2 is 2.00 bits per heavy atom. The van der Waals surface area contributed by atoms with E-state index in [1.807, 2.05) is 29.5 Å². The van der Waals surface area contributed by atoms with Crippen molar-refractivity contribution in [1.29, 1.82) is 0 Å². The summed E-state index contributed by atoms with van der Waals surface area (Å²) in [4.78, 5) is 0. The van der Waals surface area contributed by atoms with E-state index in [1.165, 1.54) is 5.69 Å². The van der Waals surface area contributed by atoms with Gasteiger partial charge in [0.25, 0.3) is 0 Å². The first-order valence-corrected chi connectivity index (χ1v) is 6.77. The summed E-state index contributed by atoms with van der Waals surface area (Å²) < 4.78 is 3.93. The number of aromatic nitrogens is 4. The summed E-state index contributed by atoms with van der Waals surface area (Å²) in [6, 6.07) is 4.17. The molecule has 5 nitrogen and oxygen atoms in total. The van der Waals surface area contributed by atoms with Gasteiger partial charge in [0.05, 0.1) is 17.1 Å². The topological polar surface area (TPSA) is 47.7 Å². The molecule has 0 fully saturated rings. The molecule has 6 heteroatoms. The van der Waals surface area contributed by atoms with E-state index in [0.717, 1.165) is 31.0 Å². The monoisotopic (exact) mass is 297 g/mol. The average Bonchev–Trinajstić information content (AvgIpc) is 2.86. The van der Waals surface area contributed by atoms with Crippen LogP contribution < -0.4 is 5.32 Å². The van der Waals surface area contributed by atoms with Crippen LogP contribution in [0.1, 0.15) is 30.9 Å². The molecule has 0 saturated heterocycles. The Hall–Kier alpha value is -1.33. The standard InChI is InChI=1S/C14H23N5.ClH/c1-11(2)10-19-6-5-13(17-19)8-15-9-14-7-12(3)16-18(14)4;/h5-7,11,15H,8-10H2,1-4H3;1H. The second-order valence-electron chi connectivity index (χ2n) is 5.43. The van der Waals surface area contributed by atoms with Crippen LogP contribution in [0.15, 0.2) is 18.3 Å². The highest BCUT2D eigenvalue weighted by Gasteiger charge is 2.03. The summed E-state index contributed by atoms with van der Waals surface area (Å²) in [5.74, 6) is 0.623. The van der Waals surface area contributed by atoms with Gasteiger partial charge in [0.15, 0.2) is 0 Å². The quantitative estimate of drug-likeness (QED) is 0.890. The van der Waals surface area contributed by atoms with Crippen LogP contribution in [0.25, 0.3) is 0 Å². The molecular weight excluding hydrogens is 274 g/mol.